The van der Waals surface area contributed by atoms with Crippen LogP contribution >= 0.6 is 0 Å². The van der Waals surface area contributed by atoms with Crippen molar-refractivity contribution in [1.82, 2.24) is 0 Å². The van der Waals surface area contributed by atoms with Crippen LogP contribution in [-0.2, 0) is 9.84 Å². The number of hydrogen-bond donors (Lipinski definition) is 0. The molecule has 0 fully saturated rings. The van der Waals surface area contributed by atoms with Gasteiger partial charge >= 0.3 is 0 Å². The molecule has 0 aliphatic carbocycles. The zero-order valence-corrected chi connectivity index (χ0v) is 14.1. The molecule has 0 radical (unpaired) electrons. The first-order valence-corrected chi connectivity index (χ1v) is 9.00. The molecule has 0 aromatic heterocycles. The molecular weight excluding hydrogens is 296 g/mol. The summed E-state index contributed by atoms with van der Waals surface area (Å²) in [5.41, 5.74) is 2.06. The molecule has 0 bridgehead atoms. The third-order valence-electron chi connectivity index (χ3n) is 4.07. The molecule has 1 heterocycles. The fraction of sp³-hybridized carbons (Fsp3) is 0.333. The van der Waals surface area contributed by atoms with Crippen LogP contribution in [0.5, 0.6) is 11.5 Å². The van der Waals surface area contributed by atoms with Gasteiger partial charge < -0.3 is 4.74 Å². The average molecular weight is 316 g/mol. The number of hydrogen-bond acceptors (Lipinski definition) is 3. The standard InChI is InChI=1S/C18H20O3S/c1-11(2)13-6-8-17-16(9-13)21-15-7-5-14(12(3)4)10-18(15)22(17,19)20/h5-12H,1-4H3. The van der Waals surface area contributed by atoms with E-state index in [1.54, 1.807) is 18.2 Å². The summed E-state index contributed by atoms with van der Waals surface area (Å²) in [6.07, 6.45) is 0. The molecular formula is C18H20O3S. The molecule has 116 valence electrons. The van der Waals surface area contributed by atoms with Crippen molar-refractivity contribution in [3.05, 3.63) is 47.5 Å². The van der Waals surface area contributed by atoms with Crippen LogP contribution in [0.3, 0.4) is 0 Å². The summed E-state index contributed by atoms with van der Waals surface area (Å²) in [5, 5.41) is 0. The SMILES string of the molecule is CC(C)c1ccc2c(c1)Oc1ccc(C(C)C)cc1S2(=O)=O. The summed E-state index contributed by atoms with van der Waals surface area (Å²) in [6, 6.07) is 10.8. The monoisotopic (exact) mass is 316 g/mol. The largest absolute Gasteiger partial charge is 0.455 e. The third-order valence-corrected chi connectivity index (χ3v) is 5.88. The highest BCUT2D eigenvalue weighted by Crippen LogP contribution is 2.44. The zero-order chi connectivity index (χ0) is 16.1. The lowest BCUT2D eigenvalue weighted by Gasteiger charge is -2.22. The molecule has 0 saturated heterocycles. The molecule has 2 aromatic rings. The first-order chi connectivity index (χ1) is 10.3. The predicted molar refractivity (Wildman–Crippen MR) is 86.6 cm³/mol. The summed E-state index contributed by atoms with van der Waals surface area (Å²) >= 11 is 0. The molecule has 3 rings (SSSR count). The van der Waals surface area contributed by atoms with Crippen LogP contribution in [0.1, 0.15) is 50.7 Å². The summed E-state index contributed by atoms with van der Waals surface area (Å²) in [6.45, 7) is 8.23. The van der Waals surface area contributed by atoms with Crippen LogP contribution < -0.4 is 4.74 Å². The van der Waals surface area contributed by atoms with Crippen LogP contribution in [0, 0.1) is 0 Å². The summed E-state index contributed by atoms with van der Waals surface area (Å²) in [7, 11) is -3.52. The minimum Gasteiger partial charge on any atom is -0.455 e. The minimum absolute atomic E-state index is 0.255. The van der Waals surface area contributed by atoms with Crippen molar-refractivity contribution in [2.75, 3.05) is 0 Å². The van der Waals surface area contributed by atoms with Gasteiger partial charge in [0.05, 0.1) is 0 Å². The van der Waals surface area contributed by atoms with Crippen LogP contribution in [0.15, 0.2) is 46.2 Å². The fourth-order valence-corrected chi connectivity index (χ4v) is 4.12. The van der Waals surface area contributed by atoms with E-state index in [0.717, 1.165) is 11.1 Å². The molecule has 2 aromatic carbocycles. The molecule has 4 heteroatoms. The maximum absolute atomic E-state index is 12.9. The van der Waals surface area contributed by atoms with Gasteiger partial charge in [-0.2, -0.15) is 0 Å². The summed E-state index contributed by atoms with van der Waals surface area (Å²) < 4.78 is 31.6. The van der Waals surface area contributed by atoms with Gasteiger partial charge in [0, 0.05) is 0 Å². The van der Waals surface area contributed by atoms with E-state index in [9.17, 15) is 8.42 Å². The van der Waals surface area contributed by atoms with E-state index in [2.05, 4.69) is 13.8 Å². The van der Waals surface area contributed by atoms with Crippen LogP contribution in [0.2, 0.25) is 0 Å². The van der Waals surface area contributed by atoms with Crippen molar-refractivity contribution in [3.8, 4) is 11.5 Å². The van der Waals surface area contributed by atoms with Gasteiger partial charge in [0.1, 0.15) is 21.3 Å². The molecule has 0 unspecified atom stereocenters. The van der Waals surface area contributed by atoms with Gasteiger partial charge in [-0.15, -0.1) is 0 Å². The normalized spacial score (nSPS) is 15.4. The molecule has 1 aliphatic heterocycles. The predicted octanol–water partition coefficient (Wildman–Crippen LogP) is 4.87. The summed E-state index contributed by atoms with van der Waals surface area (Å²) in [5.74, 6) is 1.43. The van der Waals surface area contributed by atoms with E-state index in [1.165, 1.54) is 0 Å². The lowest BCUT2D eigenvalue weighted by Crippen LogP contribution is -2.12. The smallest absolute Gasteiger partial charge is 0.213 e. The van der Waals surface area contributed by atoms with Crippen LogP contribution in [0.4, 0.5) is 0 Å². The Morgan fingerprint density at radius 2 is 1.36 bits per heavy atom. The fourth-order valence-electron chi connectivity index (χ4n) is 2.60. The Kier molecular flexibility index (Phi) is 3.52. The maximum Gasteiger partial charge on any atom is 0.213 e. The minimum atomic E-state index is -3.52. The van der Waals surface area contributed by atoms with Crippen molar-refractivity contribution in [2.24, 2.45) is 0 Å². The highest BCUT2D eigenvalue weighted by Gasteiger charge is 2.32. The third kappa shape index (κ3) is 2.31. The Labute approximate surface area is 131 Å². The van der Waals surface area contributed by atoms with Gasteiger partial charge in [0.25, 0.3) is 0 Å². The van der Waals surface area contributed by atoms with Gasteiger partial charge in [-0.25, -0.2) is 8.42 Å². The van der Waals surface area contributed by atoms with E-state index >= 15 is 0 Å². The molecule has 0 atom stereocenters. The van der Waals surface area contributed by atoms with E-state index in [1.807, 2.05) is 32.0 Å². The Balaban J connectivity index is 2.19. The van der Waals surface area contributed by atoms with Gasteiger partial charge in [-0.3, -0.25) is 0 Å². The van der Waals surface area contributed by atoms with Crippen molar-refractivity contribution < 1.29 is 13.2 Å². The van der Waals surface area contributed by atoms with Gasteiger partial charge in [0.2, 0.25) is 9.84 Å². The van der Waals surface area contributed by atoms with E-state index < -0.39 is 9.84 Å². The van der Waals surface area contributed by atoms with Gasteiger partial charge in [-0.1, -0.05) is 39.8 Å². The molecule has 0 spiro atoms. The molecule has 0 amide bonds. The van der Waals surface area contributed by atoms with E-state index in [0.29, 0.717) is 17.4 Å². The molecule has 1 aliphatic rings. The second kappa shape index (κ2) is 5.13. The van der Waals surface area contributed by atoms with Crippen molar-refractivity contribution in [2.45, 2.75) is 49.3 Å². The number of sulfone groups is 1. The highest BCUT2D eigenvalue weighted by atomic mass is 32.2. The first kappa shape index (κ1) is 15.1. The lowest BCUT2D eigenvalue weighted by atomic mass is 10.0. The van der Waals surface area contributed by atoms with E-state index in [-0.39, 0.29) is 15.7 Å². The van der Waals surface area contributed by atoms with Crippen molar-refractivity contribution in [3.63, 3.8) is 0 Å². The second-order valence-electron chi connectivity index (χ2n) is 6.33. The highest BCUT2D eigenvalue weighted by molar-refractivity contribution is 7.91. The molecule has 0 saturated carbocycles. The van der Waals surface area contributed by atoms with Crippen LogP contribution in [-0.4, -0.2) is 8.42 Å². The Bertz CT molecular complexity index is 833. The van der Waals surface area contributed by atoms with Gasteiger partial charge in [0.15, 0.2) is 0 Å². The van der Waals surface area contributed by atoms with Gasteiger partial charge in [-0.05, 0) is 47.2 Å². The number of fused-ring (bicyclic) bond motifs is 2. The van der Waals surface area contributed by atoms with E-state index in [4.69, 9.17) is 4.74 Å². The second-order valence-corrected chi connectivity index (χ2v) is 8.21. The zero-order valence-electron chi connectivity index (χ0n) is 13.3. The molecule has 22 heavy (non-hydrogen) atoms. The maximum atomic E-state index is 12.9. The first-order valence-electron chi connectivity index (χ1n) is 7.51. The topological polar surface area (TPSA) is 43.4 Å². The quantitative estimate of drug-likeness (QED) is 0.677. The Hall–Kier alpha value is -1.81. The van der Waals surface area contributed by atoms with Crippen molar-refractivity contribution >= 4 is 9.84 Å². The molecule has 3 nitrogen and oxygen atoms in total. The van der Waals surface area contributed by atoms with Crippen LogP contribution in [0.25, 0.3) is 0 Å². The molecule has 0 N–H and O–H groups in total. The lowest BCUT2D eigenvalue weighted by molar-refractivity contribution is 0.441. The van der Waals surface area contributed by atoms with Crippen molar-refractivity contribution in [1.29, 1.82) is 0 Å². The summed E-state index contributed by atoms with van der Waals surface area (Å²) in [4.78, 5) is 0.522. The number of rotatable bonds is 2. The average Bonchev–Trinajstić information content (AvgIpc) is 2.46. The number of benzene rings is 2. The Morgan fingerprint density at radius 1 is 0.773 bits per heavy atom. The Morgan fingerprint density at radius 3 is 2.00 bits per heavy atom. The number of ether oxygens (including phenoxy) is 1.